The quantitative estimate of drug-likeness (QED) is 0.534. The molecular formula is C8H8FSi. The van der Waals surface area contributed by atoms with Crippen LogP contribution in [0.1, 0.15) is 18.7 Å². The molecule has 2 heteroatoms. The molecular weight excluding hydrogens is 143 g/mol. The summed E-state index contributed by atoms with van der Waals surface area (Å²) in [4.78, 5) is 0. The van der Waals surface area contributed by atoms with Crippen molar-refractivity contribution < 1.29 is 4.39 Å². The van der Waals surface area contributed by atoms with Crippen molar-refractivity contribution in [2.45, 2.75) is 13.1 Å². The van der Waals surface area contributed by atoms with Gasteiger partial charge in [0.05, 0.1) is 10.2 Å². The van der Waals surface area contributed by atoms with Gasteiger partial charge in [-0.2, -0.15) is 0 Å². The Morgan fingerprint density at radius 1 is 1.40 bits per heavy atom. The molecule has 1 unspecified atom stereocenters. The van der Waals surface area contributed by atoms with Crippen molar-refractivity contribution in [1.29, 1.82) is 0 Å². The Kier molecular flexibility index (Phi) is 2.22. The molecule has 1 aromatic rings. The summed E-state index contributed by atoms with van der Waals surface area (Å²) in [6, 6.07) is 7.30. The second kappa shape index (κ2) is 2.97. The van der Waals surface area contributed by atoms with Gasteiger partial charge in [-0.3, -0.25) is 0 Å². The Morgan fingerprint density at radius 2 is 2.00 bits per heavy atom. The zero-order valence-corrected chi connectivity index (χ0v) is 6.76. The van der Waals surface area contributed by atoms with Crippen LogP contribution in [0.2, 0.25) is 0 Å². The van der Waals surface area contributed by atoms with Gasteiger partial charge in [0.1, 0.15) is 6.17 Å². The van der Waals surface area contributed by atoms with Crippen molar-refractivity contribution in [2.24, 2.45) is 0 Å². The molecule has 0 amide bonds. The van der Waals surface area contributed by atoms with Crippen LogP contribution in [0.4, 0.5) is 4.39 Å². The number of hydrogen-bond acceptors (Lipinski definition) is 0. The van der Waals surface area contributed by atoms with Crippen LogP contribution in [0.15, 0.2) is 24.3 Å². The van der Waals surface area contributed by atoms with Crippen molar-refractivity contribution in [3.63, 3.8) is 0 Å². The van der Waals surface area contributed by atoms with Crippen molar-refractivity contribution >= 4 is 15.4 Å². The largest absolute Gasteiger partial charge is 0.243 e. The van der Waals surface area contributed by atoms with E-state index in [0.717, 1.165) is 5.19 Å². The smallest absolute Gasteiger partial charge is 0.122 e. The first-order valence-corrected chi connectivity index (χ1v) is 3.66. The van der Waals surface area contributed by atoms with Gasteiger partial charge >= 0.3 is 0 Å². The van der Waals surface area contributed by atoms with E-state index in [1.54, 1.807) is 6.07 Å². The summed E-state index contributed by atoms with van der Waals surface area (Å²) < 4.78 is 12.7. The van der Waals surface area contributed by atoms with Crippen LogP contribution < -0.4 is 5.19 Å². The van der Waals surface area contributed by atoms with Gasteiger partial charge in [0, 0.05) is 0 Å². The van der Waals surface area contributed by atoms with Gasteiger partial charge in [0.2, 0.25) is 0 Å². The third-order valence-corrected chi connectivity index (χ3v) is 1.84. The normalized spacial score (nSPS) is 13.1. The lowest BCUT2D eigenvalue weighted by Crippen LogP contribution is -2.09. The minimum atomic E-state index is -0.895. The Hall–Kier alpha value is -0.633. The van der Waals surface area contributed by atoms with Gasteiger partial charge < -0.3 is 0 Å². The fourth-order valence-corrected chi connectivity index (χ4v) is 1.22. The zero-order chi connectivity index (χ0) is 7.56. The molecule has 1 rings (SSSR count). The molecule has 0 saturated heterocycles. The van der Waals surface area contributed by atoms with Gasteiger partial charge in [-0.1, -0.05) is 29.5 Å². The molecule has 0 aliphatic carbocycles. The van der Waals surface area contributed by atoms with Crippen molar-refractivity contribution in [3.05, 3.63) is 29.8 Å². The minimum absolute atomic E-state index is 0.708. The summed E-state index contributed by atoms with van der Waals surface area (Å²) in [7, 11) is 3.31. The lowest BCUT2D eigenvalue weighted by molar-refractivity contribution is 0.376. The number of hydrogen-bond donors (Lipinski definition) is 0. The SMILES string of the molecule is CC(F)c1ccccc1[Si]. The molecule has 0 saturated carbocycles. The molecule has 0 aromatic heterocycles. The molecule has 0 nitrogen and oxygen atoms in total. The lowest BCUT2D eigenvalue weighted by atomic mass is 10.1. The van der Waals surface area contributed by atoms with Crippen LogP contribution in [0, 0.1) is 0 Å². The fraction of sp³-hybridized carbons (Fsp3) is 0.250. The van der Waals surface area contributed by atoms with E-state index in [0.29, 0.717) is 5.56 Å². The Morgan fingerprint density at radius 3 is 2.40 bits per heavy atom. The predicted octanol–water partition coefficient (Wildman–Crippen LogP) is 1.51. The maximum atomic E-state index is 12.7. The summed E-state index contributed by atoms with van der Waals surface area (Å²) in [5.41, 5.74) is 0.708. The summed E-state index contributed by atoms with van der Waals surface area (Å²) in [5.74, 6) is 0. The summed E-state index contributed by atoms with van der Waals surface area (Å²) in [5, 5.41) is 0.831. The van der Waals surface area contributed by atoms with Gasteiger partial charge in [0.15, 0.2) is 0 Å². The molecule has 0 spiro atoms. The van der Waals surface area contributed by atoms with Crippen LogP contribution in [-0.4, -0.2) is 10.2 Å². The van der Waals surface area contributed by atoms with E-state index in [1.807, 2.05) is 18.2 Å². The number of alkyl halides is 1. The minimum Gasteiger partial charge on any atom is -0.243 e. The molecule has 10 heavy (non-hydrogen) atoms. The first-order valence-electron chi connectivity index (χ1n) is 3.16. The van der Waals surface area contributed by atoms with E-state index >= 15 is 0 Å². The first-order chi connectivity index (χ1) is 4.72. The standard InChI is InChI=1S/C8H8FSi/c1-6(9)7-4-2-3-5-8(7)10/h2-6H,1H3. The van der Waals surface area contributed by atoms with Crippen molar-refractivity contribution in [3.8, 4) is 0 Å². The molecule has 0 heterocycles. The average molecular weight is 151 g/mol. The fourth-order valence-electron chi connectivity index (χ4n) is 0.844. The van der Waals surface area contributed by atoms with E-state index in [4.69, 9.17) is 0 Å². The van der Waals surface area contributed by atoms with E-state index in [2.05, 4.69) is 10.2 Å². The monoisotopic (exact) mass is 151 g/mol. The van der Waals surface area contributed by atoms with Crippen LogP contribution in [0.5, 0.6) is 0 Å². The Bertz CT molecular complexity index is 220. The summed E-state index contributed by atoms with van der Waals surface area (Å²) >= 11 is 0. The molecule has 0 aliphatic rings. The molecule has 1 aromatic carbocycles. The van der Waals surface area contributed by atoms with E-state index < -0.39 is 6.17 Å². The van der Waals surface area contributed by atoms with Gasteiger partial charge in [-0.05, 0) is 12.5 Å². The average Bonchev–Trinajstić information content (AvgIpc) is 1.88. The first kappa shape index (κ1) is 7.47. The summed E-state index contributed by atoms with van der Waals surface area (Å²) in [6.45, 7) is 1.53. The van der Waals surface area contributed by atoms with Gasteiger partial charge in [-0.25, -0.2) is 4.39 Å². The molecule has 51 valence electrons. The van der Waals surface area contributed by atoms with Crippen molar-refractivity contribution in [2.75, 3.05) is 0 Å². The second-order valence-electron chi connectivity index (χ2n) is 2.20. The van der Waals surface area contributed by atoms with Gasteiger partial charge in [0.25, 0.3) is 0 Å². The lowest BCUT2D eigenvalue weighted by Gasteiger charge is -2.04. The molecule has 1 atom stereocenters. The molecule has 0 aliphatic heterocycles. The molecule has 0 fully saturated rings. The molecule has 0 N–H and O–H groups in total. The third-order valence-electron chi connectivity index (χ3n) is 1.39. The van der Waals surface area contributed by atoms with Crippen molar-refractivity contribution in [1.82, 2.24) is 0 Å². The van der Waals surface area contributed by atoms with Crippen LogP contribution >= 0.6 is 0 Å². The highest BCUT2D eigenvalue weighted by atomic mass is 28.1. The van der Waals surface area contributed by atoms with Crippen LogP contribution in [-0.2, 0) is 0 Å². The van der Waals surface area contributed by atoms with E-state index in [1.165, 1.54) is 6.92 Å². The number of benzene rings is 1. The predicted molar refractivity (Wildman–Crippen MR) is 41.4 cm³/mol. The second-order valence-corrected chi connectivity index (χ2v) is 2.74. The maximum absolute atomic E-state index is 12.7. The topological polar surface area (TPSA) is 0 Å². The van der Waals surface area contributed by atoms with E-state index in [-0.39, 0.29) is 0 Å². The van der Waals surface area contributed by atoms with E-state index in [9.17, 15) is 4.39 Å². The van der Waals surface area contributed by atoms with Crippen LogP contribution in [0.3, 0.4) is 0 Å². The van der Waals surface area contributed by atoms with Gasteiger partial charge in [-0.15, -0.1) is 0 Å². The van der Waals surface area contributed by atoms with Crippen LogP contribution in [0.25, 0.3) is 0 Å². The molecule has 0 bridgehead atoms. The number of halogens is 1. The third kappa shape index (κ3) is 1.45. The molecule has 3 radical (unpaired) electrons. The highest BCUT2D eigenvalue weighted by molar-refractivity contribution is 6.33. The maximum Gasteiger partial charge on any atom is 0.122 e. The zero-order valence-electron chi connectivity index (χ0n) is 5.76. The highest BCUT2D eigenvalue weighted by Crippen LogP contribution is 2.12. The Labute approximate surface area is 63.5 Å². The Balaban J connectivity index is 3.03. The summed E-state index contributed by atoms with van der Waals surface area (Å²) in [6.07, 6.45) is -0.895. The highest BCUT2D eigenvalue weighted by Gasteiger charge is 2.03. The number of rotatable bonds is 1.